The SMILES string of the molecule is c1ccc(N2CCCC2)c(CNCc2nn[nH]n2)c1. The van der Waals surface area contributed by atoms with E-state index in [4.69, 9.17) is 0 Å². The van der Waals surface area contributed by atoms with Crippen molar-refractivity contribution in [1.82, 2.24) is 25.9 Å². The molecule has 100 valence electrons. The van der Waals surface area contributed by atoms with Gasteiger partial charge in [0.15, 0.2) is 5.82 Å². The van der Waals surface area contributed by atoms with E-state index in [-0.39, 0.29) is 0 Å². The van der Waals surface area contributed by atoms with Crippen LogP contribution < -0.4 is 10.2 Å². The smallest absolute Gasteiger partial charge is 0.188 e. The molecule has 1 aliphatic heterocycles. The zero-order valence-electron chi connectivity index (χ0n) is 10.8. The summed E-state index contributed by atoms with van der Waals surface area (Å²) in [6.45, 7) is 3.79. The number of aromatic nitrogens is 4. The molecule has 3 rings (SSSR count). The van der Waals surface area contributed by atoms with Gasteiger partial charge < -0.3 is 10.2 Å². The molecule has 0 amide bonds. The van der Waals surface area contributed by atoms with Crippen LogP contribution in [0.2, 0.25) is 0 Å². The molecule has 6 heteroatoms. The van der Waals surface area contributed by atoms with Gasteiger partial charge in [-0.05, 0) is 24.5 Å². The van der Waals surface area contributed by atoms with Crippen molar-refractivity contribution in [2.45, 2.75) is 25.9 Å². The molecule has 0 unspecified atom stereocenters. The zero-order valence-corrected chi connectivity index (χ0v) is 10.8. The van der Waals surface area contributed by atoms with Crippen LogP contribution in [0.15, 0.2) is 24.3 Å². The predicted octanol–water partition coefficient (Wildman–Crippen LogP) is 1.09. The average molecular weight is 258 g/mol. The maximum absolute atomic E-state index is 3.93. The lowest BCUT2D eigenvalue weighted by Crippen LogP contribution is -2.21. The van der Waals surface area contributed by atoms with E-state index < -0.39 is 0 Å². The molecule has 2 N–H and O–H groups in total. The van der Waals surface area contributed by atoms with Gasteiger partial charge in [0.1, 0.15) is 0 Å². The van der Waals surface area contributed by atoms with Crippen molar-refractivity contribution in [3.8, 4) is 0 Å². The van der Waals surface area contributed by atoms with E-state index in [0.717, 1.165) is 6.54 Å². The average Bonchev–Trinajstić information content (AvgIpc) is 3.12. The van der Waals surface area contributed by atoms with Gasteiger partial charge in [-0.3, -0.25) is 0 Å². The van der Waals surface area contributed by atoms with Crippen molar-refractivity contribution in [3.05, 3.63) is 35.7 Å². The maximum Gasteiger partial charge on any atom is 0.188 e. The molecular formula is C13H18N6. The van der Waals surface area contributed by atoms with Gasteiger partial charge in [-0.2, -0.15) is 5.21 Å². The molecule has 6 nitrogen and oxygen atoms in total. The van der Waals surface area contributed by atoms with Crippen molar-refractivity contribution in [2.24, 2.45) is 0 Å². The summed E-state index contributed by atoms with van der Waals surface area (Å²) in [4.78, 5) is 2.46. The van der Waals surface area contributed by atoms with Crippen molar-refractivity contribution in [1.29, 1.82) is 0 Å². The lowest BCUT2D eigenvalue weighted by atomic mass is 10.1. The van der Waals surface area contributed by atoms with Gasteiger partial charge in [-0.25, -0.2) is 0 Å². The Morgan fingerprint density at radius 2 is 2.00 bits per heavy atom. The zero-order chi connectivity index (χ0) is 12.9. The third kappa shape index (κ3) is 2.90. The summed E-state index contributed by atoms with van der Waals surface area (Å²) in [5, 5.41) is 17.2. The number of benzene rings is 1. The van der Waals surface area contributed by atoms with Gasteiger partial charge in [0.05, 0.1) is 6.54 Å². The molecule has 0 spiro atoms. The van der Waals surface area contributed by atoms with Crippen LogP contribution in [-0.2, 0) is 13.1 Å². The van der Waals surface area contributed by atoms with Crippen LogP contribution in [0.1, 0.15) is 24.2 Å². The molecular weight excluding hydrogens is 240 g/mol. The van der Waals surface area contributed by atoms with E-state index in [2.05, 4.69) is 55.1 Å². The summed E-state index contributed by atoms with van der Waals surface area (Å²) in [6, 6.07) is 8.58. The van der Waals surface area contributed by atoms with Gasteiger partial charge in [-0.1, -0.05) is 23.4 Å². The van der Waals surface area contributed by atoms with Crippen LogP contribution in [0.3, 0.4) is 0 Å². The van der Waals surface area contributed by atoms with Crippen LogP contribution in [0.25, 0.3) is 0 Å². The van der Waals surface area contributed by atoms with Gasteiger partial charge in [0.2, 0.25) is 0 Å². The second-order valence-electron chi connectivity index (χ2n) is 4.75. The Morgan fingerprint density at radius 3 is 2.79 bits per heavy atom. The maximum atomic E-state index is 3.93. The summed E-state index contributed by atoms with van der Waals surface area (Å²) in [6.07, 6.45) is 2.59. The fourth-order valence-electron chi connectivity index (χ4n) is 2.49. The van der Waals surface area contributed by atoms with E-state index in [1.807, 2.05) is 0 Å². The van der Waals surface area contributed by atoms with Crippen molar-refractivity contribution < 1.29 is 0 Å². The Labute approximate surface area is 112 Å². The first-order chi connectivity index (χ1) is 9.43. The summed E-state index contributed by atoms with van der Waals surface area (Å²) in [5.74, 6) is 0.693. The fourth-order valence-corrected chi connectivity index (χ4v) is 2.49. The molecule has 0 aliphatic carbocycles. The Balaban J connectivity index is 1.63. The second kappa shape index (κ2) is 5.79. The van der Waals surface area contributed by atoms with E-state index in [0.29, 0.717) is 12.4 Å². The third-order valence-electron chi connectivity index (χ3n) is 3.43. The van der Waals surface area contributed by atoms with E-state index in [1.165, 1.54) is 37.2 Å². The molecule has 1 aromatic carbocycles. The summed E-state index contributed by atoms with van der Waals surface area (Å²) < 4.78 is 0. The van der Waals surface area contributed by atoms with Crippen molar-refractivity contribution in [3.63, 3.8) is 0 Å². The monoisotopic (exact) mass is 258 g/mol. The van der Waals surface area contributed by atoms with E-state index >= 15 is 0 Å². The Bertz CT molecular complexity index is 504. The Hall–Kier alpha value is -1.95. The summed E-state index contributed by atoms with van der Waals surface area (Å²) in [5.41, 5.74) is 2.67. The lowest BCUT2D eigenvalue weighted by molar-refractivity contribution is 0.662. The van der Waals surface area contributed by atoms with Gasteiger partial charge in [0, 0.05) is 25.3 Å². The predicted molar refractivity (Wildman–Crippen MR) is 72.6 cm³/mol. The van der Waals surface area contributed by atoms with Crippen LogP contribution in [0, 0.1) is 0 Å². The standard InChI is InChI=1S/C13H18N6/c1-2-6-12(19-7-3-4-8-19)11(5-1)9-14-10-13-15-17-18-16-13/h1-2,5-6,14H,3-4,7-10H2,(H,15,16,17,18). The minimum atomic E-state index is 0.630. The van der Waals surface area contributed by atoms with Crippen molar-refractivity contribution in [2.75, 3.05) is 18.0 Å². The molecule has 1 saturated heterocycles. The minimum Gasteiger partial charge on any atom is -0.371 e. The van der Waals surface area contributed by atoms with Gasteiger partial charge in [0.25, 0.3) is 0 Å². The first-order valence-electron chi connectivity index (χ1n) is 6.69. The van der Waals surface area contributed by atoms with Crippen LogP contribution in [0.5, 0.6) is 0 Å². The highest BCUT2D eigenvalue weighted by atomic mass is 15.5. The second-order valence-corrected chi connectivity index (χ2v) is 4.75. The quantitative estimate of drug-likeness (QED) is 0.840. The largest absolute Gasteiger partial charge is 0.371 e. The summed E-state index contributed by atoms with van der Waals surface area (Å²) in [7, 11) is 0. The number of nitrogens with zero attached hydrogens (tertiary/aromatic N) is 4. The topological polar surface area (TPSA) is 69.7 Å². The summed E-state index contributed by atoms with van der Waals surface area (Å²) >= 11 is 0. The molecule has 2 heterocycles. The van der Waals surface area contributed by atoms with Crippen LogP contribution in [-0.4, -0.2) is 33.7 Å². The number of hydrogen-bond donors (Lipinski definition) is 2. The number of anilines is 1. The first kappa shape index (κ1) is 12.1. The molecule has 1 aliphatic rings. The molecule has 1 fully saturated rings. The molecule has 1 aromatic heterocycles. The molecule has 2 aromatic rings. The Kier molecular flexibility index (Phi) is 3.69. The van der Waals surface area contributed by atoms with Crippen molar-refractivity contribution >= 4 is 5.69 Å². The number of para-hydroxylation sites is 1. The third-order valence-corrected chi connectivity index (χ3v) is 3.43. The van der Waals surface area contributed by atoms with E-state index in [9.17, 15) is 0 Å². The van der Waals surface area contributed by atoms with Crippen LogP contribution >= 0.6 is 0 Å². The number of aromatic amines is 1. The highest BCUT2D eigenvalue weighted by Crippen LogP contribution is 2.24. The fraction of sp³-hybridized carbons (Fsp3) is 0.462. The number of rotatable bonds is 5. The highest BCUT2D eigenvalue weighted by Gasteiger charge is 2.14. The number of H-pyrrole nitrogens is 1. The highest BCUT2D eigenvalue weighted by molar-refractivity contribution is 5.54. The Morgan fingerprint density at radius 1 is 1.16 bits per heavy atom. The molecule has 0 radical (unpaired) electrons. The number of hydrogen-bond acceptors (Lipinski definition) is 5. The van der Waals surface area contributed by atoms with Gasteiger partial charge >= 0.3 is 0 Å². The molecule has 0 bridgehead atoms. The van der Waals surface area contributed by atoms with Crippen LogP contribution in [0.4, 0.5) is 5.69 Å². The lowest BCUT2D eigenvalue weighted by Gasteiger charge is -2.21. The molecule has 0 saturated carbocycles. The molecule has 0 atom stereocenters. The first-order valence-corrected chi connectivity index (χ1v) is 6.69. The number of nitrogens with one attached hydrogen (secondary N) is 2. The molecule has 19 heavy (non-hydrogen) atoms. The van der Waals surface area contributed by atoms with Gasteiger partial charge in [-0.15, -0.1) is 10.2 Å². The number of tetrazole rings is 1. The normalized spacial score (nSPS) is 15.1. The van der Waals surface area contributed by atoms with E-state index in [1.54, 1.807) is 0 Å². The minimum absolute atomic E-state index is 0.630.